The summed E-state index contributed by atoms with van der Waals surface area (Å²) >= 11 is 1.34. The zero-order chi connectivity index (χ0) is 18.2. The van der Waals surface area contributed by atoms with Crippen molar-refractivity contribution in [3.05, 3.63) is 52.1 Å². The number of benzene rings is 1. The lowest BCUT2D eigenvalue weighted by Crippen LogP contribution is -2.17. The summed E-state index contributed by atoms with van der Waals surface area (Å²) in [6.07, 6.45) is 0. The molecule has 9 heteroatoms. The van der Waals surface area contributed by atoms with Crippen LogP contribution in [-0.2, 0) is 9.84 Å². The van der Waals surface area contributed by atoms with E-state index in [1.165, 1.54) is 23.5 Å². The van der Waals surface area contributed by atoms with Crippen LogP contribution in [0.15, 0.2) is 39.9 Å². The van der Waals surface area contributed by atoms with Crippen LogP contribution in [-0.4, -0.2) is 30.4 Å². The van der Waals surface area contributed by atoms with Gasteiger partial charge in [-0.25, -0.2) is 17.6 Å². The van der Waals surface area contributed by atoms with Gasteiger partial charge in [0, 0.05) is 16.1 Å². The van der Waals surface area contributed by atoms with Gasteiger partial charge in [0.1, 0.15) is 17.3 Å². The molecule has 0 amide bonds. The van der Waals surface area contributed by atoms with Crippen LogP contribution in [0.1, 0.15) is 16.1 Å². The highest BCUT2D eigenvalue weighted by atomic mass is 32.2. The third-order valence-electron chi connectivity index (χ3n) is 3.64. The second-order valence-electron chi connectivity index (χ2n) is 5.31. The van der Waals surface area contributed by atoms with E-state index >= 15 is 0 Å². The zero-order valence-corrected chi connectivity index (χ0v) is 14.6. The number of aromatic carboxylic acids is 1. The highest BCUT2D eigenvalue weighted by Crippen LogP contribution is 2.31. The van der Waals surface area contributed by atoms with Crippen LogP contribution < -0.4 is 5.32 Å². The molecular weight excluding hydrogens is 367 g/mol. The van der Waals surface area contributed by atoms with Gasteiger partial charge in [0.2, 0.25) is 0 Å². The molecular formula is C16H13FN2O4S2. The van der Waals surface area contributed by atoms with Crippen molar-refractivity contribution in [1.82, 2.24) is 4.98 Å². The topological polar surface area (TPSA) is 96.4 Å². The van der Waals surface area contributed by atoms with Crippen LogP contribution in [0.3, 0.4) is 0 Å². The van der Waals surface area contributed by atoms with E-state index in [0.29, 0.717) is 16.6 Å². The molecule has 130 valence electrons. The average molecular weight is 380 g/mol. The van der Waals surface area contributed by atoms with Gasteiger partial charge in [-0.15, -0.1) is 11.3 Å². The maximum absolute atomic E-state index is 13.0. The van der Waals surface area contributed by atoms with Gasteiger partial charge >= 0.3 is 5.97 Å². The molecule has 0 aliphatic heterocycles. The molecule has 0 saturated heterocycles. The number of aryl methyl sites for hydroxylation is 1. The Morgan fingerprint density at radius 1 is 1.28 bits per heavy atom. The summed E-state index contributed by atoms with van der Waals surface area (Å²) in [5, 5.41) is 16.2. The maximum atomic E-state index is 13.0. The number of nitrogens with one attached hydrogen (secondary N) is 1. The Kier molecular flexibility index (Phi) is 4.44. The third kappa shape index (κ3) is 3.33. The summed E-state index contributed by atoms with van der Waals surface area (Å²) in [7, 11) is -3.77. The number of anilines is 1. The minimum Gasteiger partial charge on any atom is -0.478 e. The summed E-state index contributed by atoms with van der Waals surface area (Å²) in [5.74, 6) is -2.25. The predicted octanol–water partition coefficient (Wildman–Crippen LogP) is 3.29. The number of carbonyl (C=O) groups is 1. The number of rotatable bonds is 5. The second-order valence-corrected chi connectivity index (χ2v) is 8.05. The van der Waals surface area contributed by atoms with Gasteiger partial charge in [-0.05, 0) is 31.2 Å². The number of halogens is 1. The first-order valence-corrected chi connectivity index (χ1v) is 9.71. The van der Waals surface area contributed by atoms with Crippen LogP contribution in [0, 0.1) is 12.7 Å². The third-order valence-corrected chi connectivity index (χ3v) is 5.88. The monoisotopic (exact) mass is 380 g/mol. The van der Waals surface area contributed by atoms with E-state index < -0.39 is 27.5 Å². The quantitative estimate of drug-likeness (QED) is 0.660. The number of nitrogens with zero attached hydrogens (tertiary/aromatic N) is 1. The number of hydrogen-bond acceptors (Lipinski definition) is 6. The van der Waals surface area contributed by atoms with Gasteiger partial charge in [-0.1, -0.05) is 0 Å². The summed E-state index contributed by atoms with van der Waals surface area (Å²) in [4.78, 5) is 15.8. The fraction of sp³-hybridized carbons (Fsp3) is 0.125. The Bertz CT molecular complexity index is 1060. The number of pyridine rings is 1. The van der Waals surface area contributed by atoms with Gasteiger partial charge < -0.3 is 10.4 Å². The molecule has 0 fully saturated rings. The largest absolute Gasteiger partial charge is 0.478 e. The Balaban J connectivity index is 2.00. The van der Waals surface area contributed by atoms with Crippen LogP contribution in [0.5, 0.6) is 0 Å². The fourth-order valence-corrected chi connectivity index (χ4v) is 4.26. The van der Waals surface area contributed by atoms with E-state index in [1.807, 2.05) is 0 Å². The number of carboxylic acid groups (broad SMARTS) is 1. The number of sulfone groups is 1. The van der Waals surface area contributed by atoms with Gasteiger partial charge in [0.25, 0.3) is 0 Å². The lowest BCUT2D eigenvalue weighted by Gasteiger charge is -2.13. The summed E-state index contributed by atoms with van der Waals surface area (Å²) < 4.78 is 37.8. The standard InChI is InChI=1S/C16H13FN2O4S2/c1-9-14(16(20)21)15(12-6-24-7-13(12)19-9)18-8-25(22,23)11-4-2-10(17)3-5-11/h2-7,18H,8H2,1H3,(H,20,21). The van der Waals surface area contributed by atoms with Crippen LogP contribution in [0.4, 0.5) is 10.1 Å². The molecule has 1 aromatic carbocycles. The lowest BCUT2D eigenvalue weighted by molar-refractivity contribution is 0.0697. The molecule has 6 nitrogen and oxygen atoms in total. The first-order valence-electron chi connectivity index (χ1n) is 7.11. The van der Waals surface area contributed by atoms with Crippen LogP contribution in [0.25, 0.3) is 10.9 Å². The highest BCUT2D eigenvalue weighted by molar-refractivity contribution is 7.91. The fourth-order valence-electron chi connectivity index (χ4n) is 2.45. The van der Waals surface area contributed by atoms with Gasteiger partial charge in [0.15, 0.2) is 9.84 Å². The lowest BCUT2D eigenvalue weighted by atomic mass is 10.1. The number of aromatic nitrogens is 1. The minimum atomic E-state index is -3.77. The summed E-state index contributed by atoms with van der Waals surface area (Å²) in [6, 6.07) is 4.46. The number of thiophene rings is 1. The molecule has 3 aromatic rings. The van der Waals surface area contributed by atoms with Crippen molar-refractivity contribution in [2.24, 2.45) is 0 Å². The van der Waals surface area contributed by atoms with E-state index in [0.717, 1.165) is 12.1 Å². The molecule has 0 bridgehead atoms. The number of fused-ring (bicyclic) bond motifs is 1. The summed E-state index contributed by atoms with van der Waals surface area (Å²) in [5.41, 5.74) is 1.02. The molecule has 3 rings (SSSR count). The molecule has 0 radical (unpaired) electrons. The van der Waals surface area contributed by atoms with Crippen molar-refractivity contribution in [2.45, 2.75) is 11.8 Å². The van der Waals surface area contributed by atoms with Crippen molar-refractivity contribution >= 4 is 43.7 Å². The van der Waals surface area contributed by atoms with Crippen molar-refractivity contribution in [3.8, 4) is 0 Å². The molecule has 25 heavy (non-hydrogen) atoms. The number of hydrogen-bond donors (Lipinski definition) is 2. The van der Waals surface area contributed by atoms with Crippen molar-refractivity contribution in [1.29, 1.82) is 0 Å². The van der Waals surface area contributed by atoms with Gasteiger partial charge in [-0.2, -0.15) is 0 Å². The molecule has 0 aliphatic carbocycles. The van der Waals surface area contributed by atoms with E-state index in [2.05, 4.69) is 10.3 Å². The summed E-state index contributed by atoms with van der Waals surface area (Å²) in [6.45, 7) is 1.56. The predicted molar refractivity (Wildman–Crippen MR) is 93.4 cm³/mol. The Hall–Kier alpha value is -2.52. The zero-order valence-electron chi connectivity index (χ0n) is 13.0. The molecule has 0 unspecified atom stereocenters. The Morgan fingerprint density at radius 3 is 2.60 bits per heavy atom. The molecule has 2 heterocycles. The van der Waals surface area contributed by atoms with E-state index in [1.54, 1.807) is 17.7 Å². The first-order chi connectivity index (χ1) is 11.8. The van der Waals surface area contributed by atoms with Crippen molar-refractivity contribution in [3.63, 3.8) is 0 Å². The normalized spacial score (nSPS) is 11.6. The van der Waals surface area contributed by atoms with Crippen LogP contribution in [0.2, 0.25) is 0 Å². The minimum absolute atomic E-state index is 0.0504. The SMILES string of the molecule is Cc1nc2cscc2c(NCS(=O)(=O)c2ccc(F)cc2)c1C(=O)O. The van der Waals surface area contributed by atoms with Crippen molar-refractivity contribution in [2.75, 3.05) is 11.2 Å². The number of carboxylic acids is 1. The van der Waals surface area contributed by atoms with Crippen LogP contribution >= 0.6 is 11.3 Å². The average Bonchev–Trinajstić information content (AvgIpc) is 3.00. The first kappa shape index (κ1) is 17.3. The van der Waals surface area contributed by atoms with Crippen molar-refractivity contribution < 1.29 is 22.7 Å². The second kappa shape index (κ2) is 6.41. The van der Waals surface area contributed by atoms with Gasteiger partial charge in [-0.3, -0.25) is 4.98 Å². The highest BCUT2D eigenvalue weighted by Gasteiger charge is 2.21. The maximum Gasteiger partial charge on any atom is 0.339 e. The molecule has 0 spiro atoms. The smallest absolute Gasteiger partial charge is 0.339 e. The van der Waals surface area contributed by atoms with E-state index in [-0.39, 0.29) is 16.1 Å². The molecule has 2 N–H and O–H groups in total. The van der Waals surface area contributed by atoms with E-state index in [4.69, 9.17) is 0 Å². The Labute approximate surface area is 146 Å². The van der Waals surface area contributed by atoms with Gasteiger partial charge in [0.05, 0.1) is 21.8 Å². The Morgan fingerprint density at radius 2 is 1.96 bits per heavy atom. The molecule has 0 aliphatic rings. The van der Waals surface area contributed by atoms with E-state index in [9.17, 15) is 22.7 Å². The molecule has 2 aromatic heterocycles. The molecule has 0 saturated carbocycles. The molecule has 0 atom stereocenters.